The number of hydrogen-bond donors (Lipinski definition) is 3. The predicted octanol–water partition coefficient (Wildman–Crippen LogP) is 2.71. The lowest BCUT2D eigenvalue weighted by Crippen LogP contribution is -2.42. The minimum atomic E-state index is -0.418. The summed E-state index contributed by atoms with van der Waals surface area (Å²) in [5.41, 5.74) is 5.66. The van der Waals surface area contributed by atoms with Gasteiger partial charge in [-0.05, 0) is 36.4 Å². The predicted molar refractivity (Wildman–Crippen MR) is 98.0 cm³/mol. The summed E-state index contributed by atoms with van der Waals surface area (Å²) in [5.74, 6) is -0.0880. The lowest BCUT2D eigenvalue weighted by atomic mass is 10.3. The van der Waals surface area contributed by atoms with E-state index in [4.69, 9.17) is 16.3 Å². The molecule has 3 rings (SSSR count). The number of aromatic nitrogens is 2. The van der Waals surface area contributed by atoms with Crippen molar-refractivity contribution in [2.24, 2.45) is 0 Å². The van der Waals surface area contributed by atoms with E-state index in [2.05, 4.69) is 20.8 Å². The van der Waals surface area contributed by atoms with Gasteiger partial charge in [-0.15, -0.1) is 11.3 Å². The van der Waals surface area contributed by atoms with Gasteiger partial charge in [0.1, 0.15) is 23.1 Å². The first-order chi connectivity index (χ1) is 12.6. The number of carbonyl (C=O) groups excluding carboxylic acids is 2. The molecule has 0 spiro atoms. The molecule has 0 atom stereocenters. The average molecular weight is 391 g/mol. The van der Waals surface area contributed by atoms with Crippen LogP contribution in [0, 0.1) is 0 Å². The van der Waals surface area contributed by atoms with Crippen LogP contribution in [0.3, 0.4) is 0 Å². The van der Waals surface area contributed by atoms with Gasteiger partial charge in [0.25, 0.3) is 5.91 Å². The summed E-state index contributed by atoms with van der Waals surface area (Å²) in [4.78, 5) is 30.7. The molecule has 0 fully saturated rings. The summed E-state index contributed by atoms with van der Waals surface area (Å²) < 4.78 is 5.61. The van der Waals surface area contributed by atoms with Crippen LogP contribution >= 0.6 is 22.9 Å². The molecule has 0 aliphatic rings. The number of nitrogens with one attached hydrogen (secondary N) is 3. The Labute approximate surface area is 158 Å². The highest BCUT2D eigenvalue weighted by molar-refractivity contribution is 7.09. The zero-order valence-corrected chi connectivity index (χ0v) is 15.1. The number of nitrogens with zero attached hydrogens (tertiary/aromatic N) is 1. The van der Waals surface area contributed by atoms with Gasteiger partial charge < -0.3 is 9.72 Å². The van der Waals surface area contributed by atoms with Crippen molar-refractivity contribution in [1.82, 2.24) is 20.8 Å². The topological polar surface area (TPSA) is 96.1 Å². The number of thiazole rings is 1. The SMILES string of the molecule is O=C(Cc1csc(COc2ccc(Cl)cc2)n1)NNC(=O)c1ccc[nH]1. The van der Waals surface area contributed by atoms with E-state index in [1.54, 1.807) is 48.0 Å². The van der Waals surface area contributed by atoms with E-state index in [0.29, 0.717) is 28.8 Å². The molecule has 0 radical (unpaired) electrons. The zero-order valence-electron chi connectivity index (χ0n) is 13.5. The average Bonchev–Trinajstić information content (AvgIpc) is 3.31. The van der Waals surface area contributed by atoms with Crippen molar-refractivity contribution in [3.05, 3.63) is 69.4 Å². The molecular weight excluding hydrogens is 376 g/mol. The van der Waals surface area contributed by atoms with Crippen molar-refractivity contribution in [3.8, 4) is 5.75 Å². The second-order valence-corrected chi connectivity index (χ2v) is 6.62. The Bertz CT molecular complexity index is 878. The van der Waals surface area contributed by atoms with Gasteiger partial charge in [-0.3, -0.25) is 20.4 Å². The van der Waals surface area contributed by atoms with Crippen LogP contribution < -0.4 is 15.6 Å². The Hall–Kier alpha value is -2.84. The number of hydrogen-bond acceptors (Lipinski definition) is 5. The second kappa shape index (κ2) is 8.50. The Morgan fingerprint density at radius 1 is 1.19 bits per heavy atom. The fourth-order valence-corrected chi connectivity index (χ4v) is 2.88. The third-order valence-corrected chi connectivity index (χ3v) is 4.40. The van der Waals surface area contributed by atoms with E-state index in [0.717, 1.165) is 5.01 Å². The maximum absolute atomic E-state index is 11.9. The van der Waals surface area contributed by atoms with Gasteiger partial charge in [0, 0.05) is 16.6 Å². The highest BCUT2D eigenvalue weighted by atomic mass is 35.5. The molecule has 0 aliphatic heterocycles. The molecule has 0 aliphatic carbocycles. The largest absolute Gasteiger partial charge is 0.486 e. The van der Waals surface area contributed by atoms with E-state index < -0.39 is 5.91 Å². The molecule has 3 N–H and O–H groups in total. The quantitative estimate of drug-likeness (QED) is 0.564. The van der Waals surface area contributed by atoms with Crippen molar-refractivity contribution in [2.45, 2.75) is 13.0 Å². The molecule has 2 heterocycles. The highest BCUT2D eigenvalue weighted by Crippen LogP contribution is 2.18. The first-order valence-corrected chi connectivity index (χ1v) is 8.90. The molecule has 0 bridgehead atoms. The van der Waals surface area contributed by atoms with Crippen molar-refractivity contribution in [2.75, 3.05) is 0 Å². The molecule has 2 amide bonds. The minimum absolute atomic E-state index is 0.0580. The molecule has 0 saturated carbocycles. The maximum atomic E-state index is 11.9. The van der Waals surface area contributed by atoms with Gasteiger partial charge in [-0.25, -0.2) is 4.98 Å². The van der Waals surface area contributed by atoms with E-state index in [1.807, 2.05) is 0 Å². The summed E-state index contributed by atoms with van der Waals surface area (Å²) in [6.45, 7) is 0.303. The van der Waals surface area contributed by atoms with Crippen LogP contribution in [0.15, 0.2) is 48.0 Å². The number of carbonyl (C=O) groups is 2. The number of aromatic amines is 1. The molecule has 3 aromatic rings. The van der Waals surface area contributed by atoms with Crippen molar-refractivity contribution in [3.63, 3.8) is 0 Å². The number of amides is 2. The third-order valence-electron chi connectivity index (χ3n) is 3.27. The first-order valence-electron chi connectivity index (χ1n) is 7.64. The van der Waals surface area contributed by atoms with Gasteiger partial charge in [0.2, 0.25) is 5.91 Å². The van der Waals surface area contributed by atoms with Crippen LogP contribution in [0.1, 0.15) is 21.2 Å². The van der Waals surface area contributed by atoms with Crippen molar-refractivity contribution in [1.29, 1.82) is 0 Å². The molecule has 26 heavy (non-hydrogen) atoms. The van der Waals surface area contributed by atoms with Crippen LogP contribution in [0.5, 0.6) is 5.75 Å². The fourth-order valence-electron chi connectivity index (χ4n) is 2.05. The Morgan fingerprint density at radius 2 is 2.00 bits per heavy atom. The van der Waals surface area contributed by atoms with Crippen LogP contribution in [0.25, 0.3) is 0 Å². The standard InChI is InChI=1S/C17H15ClN4O3S/c18-11-3-5-13(6-4-11)25-9-16-20-12(10-26-16)8-15(23)21-22-17(24)14-2-1-7-19-14/h1-7,10,19H,8-9H2,(H,21,23)(H,22,24). The third kappa shape index (κ3) is 5.08. The number of ether oxygens (including phenoxy) is 1. The number of benzene rings is 1. The molecular formula is C17H15ClN4O3S. The Kier molecular flexibility index (Phi) is 5.88. The summed E-state index contributed by atoms with van der Waals surface area (Å²) in [6.07, 6.45) is 1.68. The van der Waals surface area contributed by atoms with Gasteiger partial charge in [-0.1, -0.05) is 11.6 Å². The first kappa shape index (κ1) is 18.0. The summed E-state index contributed by atoms with van der Waals surface area (Å²) in [6, 6.07) is 10.3. The van der Waals surface area contributed by atoms with Crippen LogP contribution in [-0.2, 0) is 17.8 Å². The second-order valence-electron chi connectivity index (χ2n) is 5.24. The monoisotopic (exact) mass is 390 g/mol. The van der Waals surface area contributed by atoms with Crippen LogP contribution in [0.4, 0.5) is 0 Å². The lowest BCUT2D eigenvalue weighted by Gasteiger charge is -2.05. The molecule has 2 aromatic heterocycles. The van der Waals surface area contributed by atoms with E-state index in [-0.39, 0.29) is 12.3 Å². The summed E-state index contributed by atoms with van der Waals surface area (Å²) >= 11 is 7.22. The van der Waals surface area contributed by atoms with Crippen molar-refractivity contribution >= 4 is 34.8 Å². The van der Waals surface area contributed by atoms with Gasteiger partial charge in [-0.2, -0.15) is 0 Å². The van der Waals surface area contributed by atoms with E-state index >= 15 is 0 Å². The Morgan fingerprint density at radius 3 is 2.73 bits per heavy atom. The minimum Gasteiger partial charge on any atom is -0.486 e. The maximum Gasteiger partial charge on any atom is 0.286 e. The molecule has 134 valence electrons. The zero-order chi connectivity index (χ0) is 18.4. The van der Waals surface area contributed by atoms with Gasteiger partial charge in [0.15, 0.2) is 0 Å². The molecule has 7 nitrogen and oxygen atoms in total. The molecule has 9 heteroatoms. The lowest BCUT2D eigenvalue weighted by molar-refractivity contribution is -0.121. The molecule has 0 saturated heterocycles. The number of halogens is 1. The van der Waals surface area contributed by atoms with Gasteiger partial charge in [0.05, 0.1) is 12.1 Å². The number of rotatable bonds is 6. The van der Waals surface area contributed by atoms with Crippen LogP contribution in [0.2, 0.25) is 5.02 Å². The summed E-state index contributed by atoms with van der Waals surface area (Å²) in [7, 11) is 0. The van der Waals surface area contributed by atoms with Crippen molar-refractivity contribution < 1.29 is 14.3 Å². The summed E-state index contributed by atoms with van der Waals surface area (Å²) in [5, 5.41) is 3.17. The fraction of sp³-hybridized carbons (Fsp3) is 0.118. The number of hydrazine groups is 1. The van der Waals surface area contributed by atoms with Crippen LogP contribution in [-0.4, -0.2) is 21.8 Å². The van der Waals surface area contributed by atoms with Gasteiger partial charge >= 0.3 is 0 Å². The smallest absolute Gasteiger partial charge is 0.286 e. The normalized spacial score (nSPS) is 10.3. The van der Waals surface area contributed by atoms with E-state index in [1.165, 1.54) is 11.3 Å². The molecule has 1 aromatic carbocycles. The highest BCUT2D eigenvalue weighted by Gasteiger charge is 2.11. The molecule has 0 unspecified atom stereocenters. The number of H-pyrrole nitrogens is 1. The Balaban J connectivity index is 1.44. The van der Waals surface area contributed by atoms with E-state index in [9.17, 15) is 9.59 Å².